The lowest BCUT2D eigenvalue weighted by molar-refractivity contribution is -0.121. The van der Waals surface area contributed by atoms with Gasteiger partial charge in [0.25, 0.3) is 16.1 Å². The first-order valence-corrected chi connectivity index (χ1v) is 12.7. The number of carbonyl (C=O) groups is 2. The first kappa shape index (κ1) is 23.1. The minimum atomic E-state index is -3.47. The van der Waals surface area contributed by atoms with Gasteiger partial charge in [-0.3, -0.25) is 14.5 Å². The molecule has 1 saturated heterocycles. The maximum atomic E-state index is 12.9. The third-order valence-corrected chi connectivity index (χ3v) is 9.36. The lowest BCUT2D eigenvalue weighted by Gasteiger charge is -2.38. The summed E-state index contributed by atoms with van der Waals surface area (Å²) in [4.78, 5) is 27.9. The Balaban J connectivity index is 1.63. The quantitative estimate of drug-likeness (QED) is 0.601. The van der Waals surface area contributed by atoms with Crippen molar-refractivity contribution in [2.45, 2.75) is 46.1 Å². The Kier molecular flexibility index (Phi) is 7.18. The molecule has 11 heteroatoms. The van der Waals surface area contributed by atoms with Crippen LogP contribution in [-0.2, 0) is 27.8 Å². The first-order valence-electron chi connectivity index (χ1n) is 10.4. The van der Waals surface area contributed by atoms with Crippen LogP contribution in [0.5, 0.6) is 0 Å². The van der Waals surface area contributed by atoms with E-state index >= 15 is 0 Å². The summed E-state index contributed by atoms with van der Waals surface area (Å²) in [5.41, 5.74) is 6.99. The molecule has 1 aliphatic heterocycles. The van der Waals surface area contributed by atoms with Gasteiger partial charge in [-0.2, -0.15) is 17.0 Å². The molecule has 0 saturated carbocycles. The molecule has 0 bridgehead atoms. The number of carbonyl (C=O) groups excluding carboxylic acids is 2. The maximum Gasteiger partial charge on any atom is 0.282 e. The number of thiophene rings is 1. The number of amides is 2. The summed E-state index contributed by atoms with van der Waals surface area (Å²) in [7, 11) is -3.47. The van der Waals surface area contributed by atoms with Gasteiger partial charge < -0.3 is 11.1 Å². The van der Waals surface area contributed by atoms with Gasteiger partial charge in [-0.15, -0.1) is 11.3 Å². The highest BCUT2D eigenvalue weighted by Crippen LogP contribution is 2.38. The van der Waals surface area contributed by atoms with E-state index < -0.39 is 22.2 Å². The van der Waals surface area contributed by atoms with Crippen molar-refractivity contribution in [1.82, 2.24) is 13.5 Å². The zero-order chi connectivity index (χ0) is 22.1. The standard InChI is InChI=1S/C19H31N5O4S2/c1-4-23(5-2)30(27,28)24-11-9-22(10-12-24)13(3)18(26)21-19-16(17(20)25)14-7-6-8-15(14)29-19/h13H,4-12H2,1-3H3,(H2,20,25)(H,21,26). The van der Waals surface area contributed by atoms with Crippen LogP contribution in [0.3, 0.4) is 0 Å². The molecule has 0 aromatic carbocycles. The van der Waals surface area contributed by atoms with Crippen LogP contribution in [0.25, 0.3) is 0 Å². The predicted molar refractivity (Wildman–Crippen MR) is 118 cm³/mol. The molecule has 1 aromatic heterocycles. The Bertz CT molecular complexity index is 902. The van der Waals surface area contributed by atoms with E-state index in [4.69, 9.17) is 5.73 Å². The number of nitrogens with zero attached hydrogens (tertiary/aromatic N) is 3. The minimum absolute atomic E-state index is 0.211. The molecule has 1 fully saturated rings. The number of aryl methyl sites for hydroxylation is 1. The second-order valence-corrected chi connectivity index (χ2v) is 10.7. The number of hydrogen-bond acceptors (Lipinski definition) is 6. The molecule has 2 heterocycles. The van der Waals surface area contributed by atoms with E-state index in [1.165, 1.54) is 19.9 Å². The minimum Gasteiger partial charge on any atom is -0.365 e. The summed E-state index contributed by atoms with van der Waals surface area (Å²) in [6, 6.07) is -0.444. The van der Waals surface area contributed by atoms with E-state index in [1.807, 2.05) is 18.7 Å². The van der Waals surface area contributed by atoms with Crippen molar-refractivity contribution in [3.05, 3.63) is 16.0 Å². The van der Waals surface area contributed by atoms with Crippen LogP contribution < -0.4 is 11.1 Å². The van der Waals surface area contributed by atoms with Crippen molar-refractivity contribution in [3.8, 4) is 0 Å². The fourth-order valence-corrected chi connectivity index (χ4v) is 7.07. The van der Waals surface area contributed by atoms with Gasteiger partial charge in [-0.1, -0.05) is 13.8 Å². The van der Waals surface area contributed by atoms with Gasteiger partial charge >= 0.3 is 0 Å². The van der Waals surface area contributed by atoms with Gasteiger partial charge in [0.1, 0.15) is 5.00 Å². The van der Waals surface area contributed by atoms with E-state index in [-0.39, 0.29) is 5.91 Å². The van der Waals surface area contributed by atoms with Crippen molar-refractivity contribution in [2.24, 2.45) is 5.73 Å². The van der Waals surface area contributed by atoms with Crippen LogP contribution in [-0.4, -0.2) is 79.1 Å². The SMILES string of the molecule is CCN(CC)S(=O)(=O)N1CCN(C(C)C(=O)Nc2sc3c(c2C(N)=O)CCC3)CC1. The summed E-state index contributed by atoms with van der Waals surface area (Å²) < 4.78 is 28.3. The Morgan fingerprint density at radius 2 is 1.80 bits per heavy atom. The van der Waals surface area contributed by atoms with Crippen LogP contribution >= 0.6 is 11.3 Å². The van der Waals surface area contributed by atoms with Crippen LogP contribution in [0, 0.1) is 0 Å². The summed E-state index contributed by atoms with van der Waals surface area (Å²) in [6.45, 7) is 7.95. The average Bonchev–Trinajstić information content (AvgIpc) is 3.28. The number of anilines is 1. The van der Waals surface area contributed by atoms with Crippen molar-refractivity contribution in [2.75, 3.05) is 44.6 Å². The third-order valence-electron chi connectivity index (χ3n) is 5.96. The number of rotatable bonds is 8. The number of primary amides is 1. The predicted octanol–water partition coefficient (Wildman–Crippen LogP) is 0.867. The molecule has 30 heavy (non-hydrogen) atoms. The van der Waals surface area contributed by atoms with Gasteiger partial charge in [0, 0.05) is 44.1 Å². The lowest BCUT2D eigenvalue weighted by Crippen LogP contribution is -2.56. The molecule has 0 radical (unpaired) electrons. The highest BCUT2D eigenvalue weighted by Gasteiger charge is 2.34. The second kappa shape index (κ2) is 9.31. The molecular formula is C19H31N5O4S2. The van der Waals surface area contributed by atoms with Gasteiger partial charge in [-0.05, 0) is 31.7 Å². The van der Waals surface area contributed by atoms with Crippen molar-refractivity contribution in [1.29, 1.82) is 0 Å². The van der Waals surface area contributed by atoms with Crippen molar-refractivity contribution >= 4 is 38.4 Å². The Hall–Kier alpha value is -1.53. The van der Waals surface area contributed by atoms with Crippen LogP contribution in [0.1, 0.15) is 48.0 Å². The molecule has 2 amide bonds. The molecule has 1 unspecified atom stereocenters. The molecule has 1 aromatic rings. The monoisotopic (exact) mass is 457 g/mol. The Labute approximate surface area is 182 Å². The summed E-state index contributed by atoms with van der Waals surface area (Å²) in [5.74, 6) is -0.718. The van der Waals surface area contributed by atoms with Gasteiger partial charge in [0.2, 0.25) is 5.91 Å². The summed E-state index contributed by atoms with van der Waals surface area (Å²) in [5, 5.41) is 3.43. The highest BCUT2D eigenvalue weighted by molar-refractivity contribution is 7.86. The summed E-state index contributed by atoms with van der Waals surface area (Å²) in [6.07, 6.45) is 2.74. The molecule has 3 N–H and O–H groups in total. The van der Waals surface area contributed by atoms with Crippen molar-refractivity contribution < 1.29 is 18.0 Å². The first-order chi connectivity index (χ1) is 14.2. The fraction of sp³-hybridized carbons (Fsp3) is 0.684. The van der Waals surface area contributed by atoms with Crippen LogP contribution in [0.2, 0.25) is 0 Å². The van der Waals surface area contributed by atoms with E-state index in [0.717, 1.165) is 29.7 Å². The molecule has 2 aliphatic rings. The molecule has 1 atom stereocenters. The smallest absolute Gasteiger partial charge is 0.282 e. The highest BCUT2D eigenvalue weighted by atomic mass is 32.2. The molecular weight excluding hydrogens is 426 g/mol. The fourth-order valence-electron chi connectivity index (χ4n) is 4.17. The largest absolute Gasteiger partial charge is 0.365 e. The van der Waals surface area contributed by atoms with Crippen LogP contribution in [0.15, 0.2) is 0 Å². The van der Waals surface area contributed by atoms with Gasteiger partial charge in [0.05, 0.1) is 11.6 Å². The lowest BCUT2D eigenvalue weighted by atomic mass is 10.1. The van der Waals surface area contributed by atoms with Gasteiger partial charge in [-0.25, -0.2) is 0 Å². The maximum absolute atomic E-state index is 12.9. The average molecular weight is 458 g/mol. The summed E-state index contributed by atoms with van der Waals surface area (Å²) >= 11 is 1.44. The normalized spacial score (nSPS) is 19.1. The molecule has 168 valence electrons. The molecule has 3 rings (SSSR count). The molecule has 0 spiro atoms. The molecule has 9 nitrogen and oxygen atoms in total. The van der Waals surface area contributed by atoms with Gasteiger partial charge in [0.15, 0.2) is 0 Å². The zero-order valence-corrected chi connectivity index (χ0v) is 19.4. The Morgan fingerprint density at radius 3 is 2.37 bits per heavy atom. The topological polar surface area (TPSA) is 116 Å². The Morgan fingerprint density at radius 1 is 1.17 bits per heavy atom. The second-order valence-electron chi connectivity index (χ2n) is 7.62. The number of hydrogen-bond donors (Lipinski definition) is 2. The molecule has 1 aliphatic carbocycles. The van der Waals surface area contributed by atoms with Crippen molar-refractivity contribution in [3.63, 3.8) is 0 Å². The van der Waals surface area contributed by atoms with E-state index in [0.29, 0.717) is 49.8 Å². The van der Waals surface area contributed by atoms with Crippen LogP contribution in [0.4, 0.5) is 5.00 Å². The zero-order valence-electron chi connectivity index (χ0n) is 17.8. The van der Waals surface area contributed by atoms with E-state index in [1.54, 1.807) is 6.92 Å². The van der Waals surface area contributed by atoms with E-state index in [2.05, 4.69) is 5.32 Å². The third kappa shape index (κ3) is 4.40. The van der Waals surface area contributed by atoms with E-state index in [9.17, 15) is 18.0 Å². The number of fused-ring (bicyclic) bond motifs is 1. The number of nitrogens with one attached hydrogen (secondary N) is 1. The number of nitrogens with two attached hydrogens (primary N) is 1. The number of piperazine rings is 1.